The largest absolute Gasteiger partial charge is 0.482 e. The molecule has 0 bridgehead atoms. The van der Waals surface area contributed by atoms with Gasteiger partial charge in [-0.2, -0.15) is 0 Å². The number of fused-ring (bicyclic) bond motifs is 1. The summed E-state index contributed by atoms with van der Waals surface area (Å²) in [6, 6.07) is 1.87. The van der Waals surface area contributed by atoms with Crippen LogP contribution in [0.2, 0.25) is 0 Å². The van der Waals surface area contributed by atoms with Crippen LogP contribution >= 0.6 is 11.3 Å². The minimum Gasteiger partial charge on any atom is -0.482 e. The van der Waals surface area contributed by atoms with Gasteiger partial charge < -0.3 is 4.74 Å². The molecule has 0 fully saturated rings. The number of nitrogens with one attached hydrogen (secondary N) is 1. The van der Waals surface area contributed by atoms with Gasteiger partial charge in [0.15, 0.2) is 5.88 Å². The summed E-state index contributed by atoms with van der Waals surface area (Å²) in [4.78, 5) is 14.5. The predicted molar refractivity (Wildman–Crippen MR) is 67.6 cm³/mol. The number of H-pyrrole nitrogens is 1. The van der Waals surface area contributed by atoms with E-state index in [0.717, 1.165) is 34.9 Å². The van der Waals surface area contributed by atoms with Crippen LogP contribution in [0.25, 0.3) is 10.1 Å². The molecule has 0 saturated carbocycles. The van der Waals surface area contributed by atoms with Crippen LogP contribution < -0.4 is 10.3 Å². The lowest BCUT2D eigenvalue weighted by molar-refractivity contribution is 0.392. The summed E-state index contributed by atoms with van der Waals surface area (Å²) >= 11 is 1.61. The van der Waals surface area contributed by atoms with Crippen LogP contribution in [0.15, 0.2) is 16.2 Å². The number of methoxy groups -OCH3 is 1. The van der Waals surface area contributed by atoms with Gasteiger partial charge in [-0.1, -0.05) is 13.3 Å². The Bertz CT molecular complexity index is 541. The Morgan fingerprint density at radius 1 is 1.50 bits per heavy atom. The highest BCUT2D eigenvalue weighted by Crippen LogP contribution is 2.28. The van der Waals surface area contributed by atoms with E-state index in [4.69, 9.17) is 4.74 Å². The average Bonchev–Trinajstić information content (AvgIpc) is 2.77. The van der Waals surface area contributed by atoms with E-state index in [0.29, 0.717) is 5.88 Å². The summed E-state index contributed by atoms with van der Waals surface area (Å²) in [6.45, 7) is 2.16. The number of thiophene rings is 1. The third-order valence-electron chi connectivity index (χ3n) is 2.67. The summed E-state index contributed by atoms with van der Waals surface area (Å²) in [6.07, 6.45) is 3.19. The first-order chi connectivity index (χ1) is 7.77. The van der Waals surface area contributed by atoms with E-state index >= 15 is 0 Å². The molecule has 0 spiro atoms. The first-order valence-electron chi connectivity index (χ1n) is 5.44. The molecule has 2 aromatic rings. The first kappa shape index (κ1) is 11.2. The second-order valence-corrected chi connectivity index (χ2v) is 4.65. The van der Waals surface area contributed by atoms with Gasteiger partial charge in [-0.15, -0.1) is 11.3 Å². The van der Waals surface area contributed by atoms with Crippen molar-refractivity contribution < 1.29 is 4.74 Å². The molecule has 0 aliphatic rings. The molecule has 0 radical (unpaired) electrons. The van der Waals surface area contributed by atoms with Crippen LogP contribution in [0.4, 0.5) is 0 Å². The average molecular weight is 237 g/mol. The lowest BCUT2D eigenvalue weighted by Gasteiger charge is -2.08. The van der Waals surface area contributed by atoms with Crippen molar-refractivity contribution in [3.8, 4) is 5.88 Å². The van der Waals surface area contributed by atoms with Gasteiger partial charge in [0.2, 0.25) is 0 Å². The van der Waals surface area contributed by atoms with E-state index in [1.54, 1.807) is 18.4 Å². The molecule has 2 aromatic heterocycles. The Balaban J connectivity index is 2.61. The van der Waals surface area contributed by atoms with Gasteiger partial charge in [0.05, 0.1) is 12.5 Å². The van der Waals surface area contributed by atoms with Crippen molar-refractivity contribution in [3.05, 3.63) is 27.4 Å². The van der Waals surface area contributed by atoms with Crippen LogP contribution in [0.5, 0.6) is 5.88 Å². The van der Waals surface area contributed by atoms with E-state index in [1.165, 1.54) is 0 Å². The molecule has 2 heterocycles. The Kier molecular flexibility index (Phi) is 3.29. The zero-order valence-electron chi connectivity index (χ0n) is 9.50. The summed E-state index contributed by atoms with van der Waals surface area (Å²) in [5, 5.41) is 2.73. The number of hydrogen-bond acceptors (Lipinski definition) is 3. The fourth-order valence-corrected chi connectivity index (χ4v) is 2.79. The summed E-state index contributed by atoms with van der Waals surface area (Å²) < 4.78 is 6.32. The highest BCUT2D eigenvalue weighted by Gasteiger charge is 2.12. The second-order valence-electron chi connectivity index (χ2n) is 3.73. The Morgan fingerprint density at radius 3 is 3.00 bits per heavy atom. The van der Waals surface area contributed by atoms with Crippen molar-refractivity contribution in [2.24, 2.45) is 0 Å². The number of unbranched alkanes of at least 4 members (excludes halogenated alkanes) is 1. The van der Waals surface area contributed by atoms with Crippen molar-refractivity contribution in [2.45, 2.75) is 26.2 Å². The Morgan fingerprint density at radius 2 is 2.31 bits per heavy atom. The van der Waals surface area contributed by atoms with Crippen molar-refractivity contribution in [1.82, 2.24) is 4.98 Å². The molecular formula is C12H15NO2S. The van der Waals surface area contributed by atoms with E-state index in [9.17, 15) is 4.79 Å². The molecule has 0 amide bonds. The molecule has 16 heavy (non-hydrogen) atoms. The van der Waals surface area contributed by atoms with Gasteiger partial charge in [-0.25, -0.2) is 0 Å². The molecule has 0 saturated heterocycles. The van der Waals surface area contributed by atoms with Crippen LogP contribution in [-0.4, -0.2) is 12.1 Å². The minimum absolute atomic E-state index is 0.0617. The topological polar surface area (TPSA) is 42.1 Å². The molecule has 86 valence electrons. The normalized spacial score (nSPS) is 10.9. The van der Waals surface area contributed by atoms with Crippen LogP contribution in [0.3, 0.4) is 0 Å². The van der Waals surface area contributed by atoms with Gasteiger partial charge in [0, 0.05) is 10.3 Å². The summed E-state index contributed by atoms with van der Waals surface area (Å²) in [5.74, 6) is 0.619. The van der Waals surface area contributed by atoms with Crippen LogP contribution in [-0.2, 0) is 6.42 Å². The third-order valence-corrected chi connectivity index (χ3v) is 3.64. The molecule has 0 unspecified atom stereocenters. The van der Waals surface area contributed by atoms with Crippen molar-refractivity contribution in [3.63, 3.8) is 0 Å². The van der Waals surface area contributed by atoms with E-state index in [-0.39, 0.29) is 5.56 Å². The van der Waals surface area contributed by atoms with E-state index in [1.807, 2.05) is 11.4 Å². The maximum atomic E-state index is 11.7. The van der Waals surface area contributed by atoms with E-state index < -0.39 is 0 Å². The van der Waals surface area contributed by atoms with Gasteiger partial charge in [-0.3, -0.25) is 9.78 Å². The van der Waals surface area contributed by atoms with Crippen LogP contribution in [0.1, 0.15) is 25.3 Å². The van der Waals surface area contributed by atoms with E-state index in [2.05, 4.69) is 11.9 Å². The molecule has 0 aliphatic heterocycles. The SMILES string of the molecule is CCCCc1c(OC)[nH]c(=O)c2ccsc12. The zero-order chi connectivity index (χ0) is 11.5. The van der Waals surface area contributed by atoms with Crippen molar-refractivity contribution >= 4 is 21.4 Å². The summed E-state index contributed by atoms with van der Waals surface area (Å²) in [7, 11) is 1.60. The number of aromatic nitrogens is 1. The monoisotopic (exact) mass is 237 g/mol. The number of pyridine rings is 1. The van der Waals surface area contributed by atoms with Crippen molar-refractivity contribution in [1.29, 1.82) is 0 Å². The molecule has 4 heteroatoms. The van der Waals surface area contributed by atoms with Gasteiger partial charge >= 0.3 is 0 Å². The lowest BCUT2D eigenvalue weighted by Crippen LogP contribution is -2.09. The molecular weight excluding hydrogens is 222 g/mol. The molecule has 0 aromatic carbocycles. The number of rotatable bonds is 4. The maximum Gasteiger partial charge on any atom is 0.259 e. The highest BCUT2D eigenvalue weighted by atomic mass is 32.1. The first-order valence-corrected chi connectivity index (χ1v) is 6.32. The predicted octanol–water partition coefficient (Wildman–Crippen LogP) is 2.94. The molecule has 2 rings (SSSR count). The lowest BCUT2D eigenvalue weighted by atomic mass is 10.1. The number of aromatic amines is 1. The third kappa shape index (κ3) is 1.85. The molecule has 0 atom stereocenters. The molecule has 0 aliphatic carbocycles. The smallest absolute Gasteiger partial charge is 0.259 e. The number of ether oxygens (including phenoxy) is 1. The fourth-order valence-electron chi connectivity index (χ4n) is 1.83. The van der Waals surface area contributed by atoms with Gasteiger partial charge in [-0.05, 0) is 24.3 Å². The summed E-state index contributed by atoms with van der Waals surface area (Å²) in [5.41, 5.74) is 1.07. The minimum atomic E-state index is -0.0617. The molecule has 3 nitrogen and oxygen atoms in total. The fraction of sp³-hybridized carbons (Fsp3) is 0.417. The van der Waals surface area contributed by atoms with Crippen LogP contribution in [0, 0.1) is 0 Å². The number of hydrogen-bond donors (Lipinski definition) is 1. The molecule has 1 N–H and O–H groups in total. The Labute approximate surface area is 98.1 Å². The maximum absolute atomic E-state index is 11.7. The Hall–Kier alpha value is -1.29. The standard InChI is InChI=1S/C12H15NO2S/c1-3-4-5-9-10-8(6-7-16-10)11(14)13-12(9)15-2/h6-7H,3-5H2,1-2H3,(H,13,14). The quantitative estimate of drug-likeness (QED) is 0.888. The van der Waals surface area contributed by atoms with Gasteiger partial charge in [0.1, 0.15) is 0 Å². The number of aryl methyl sites for hydroxylation is 1. The highest BCUT2D eigenvalue weighted by molar-refractivity contribution is 7.17. The van der Waals surface area contributed by atoms with Crippen molar-refractivity contribution in [2.75, 3.05) is 7.11 Å². The van der Waals surface area contributed by atoms with Gasteiger partial charge in [0.25, 0.3) is 5.56 Å². The second kappa shape index (κ2) is 4.70. The zero-order valence-corrected chi connectivity index (χ0v) is 10.3.